The summed E-state index contributed by atoms with van der Waals surface area (Å²) >= 11 is 0. The lowest BCUT2D eigenvalue weighted by molar-refractivity contribution is -0.164. The molecule has 4 fully saturated rings. The van der Waals surface area contributed by atoms with E-state index in [1.165, 1.54) is 7.11 Å². The van der Waals surface area contributed by atoms with Gasteiger partial charge in [0.25, 0.3) is 0 Å². The summed E-state index contributed by atoms with van der Waals surface area (Å²) in [5.41, 5.74) is -0.585. The van der Waals surface area contributed by atoms with Crippen molar-refractivity contribution in [2.75, 3.05) is 26.9 Å². The van der Waals surface area contributed by atoms with Crippen LogP contribution in [-0.4, -0.2) is 101 Å². The molecule has 2 N–H and O–H groups in total. The highest BCUT2D eigenvalue weighted by molar-refractivity contribution is 5.98. The molecule has 0 radical (unpaired) electrons. The maximum atomic E-state index is 15.0. The third kappa shape index (κ3) is 7.66. The molecule has 0 aromatic heterocycles. The first-order valence-electron chi connectivity index (χ1n) is 18.8. The van der Waals surface area contributed by atoms with Gasteiger partial charge in [0.15, 0.2) is 0 Å². The lowest BCUT2D eigenvalue weighted by Gasteiger charge is -2.43. The van der Waals surface area contributed by atoms with Crippen LogP contribution in [0.1, 0.15) is 89.7 Å². The van der Waals surface area contributed by atoms with Gasteiger partial charge in [0.1, 0.15) is 17.7 Å². The molecular weight excluding hydrogens is 650 g/mol. The summed E-state index contributed by atoms with van der Waals surface area (Å²) in [6.07, 6.45) is 9.05. The fraction of sp³-hybridized carbons (Fsp3) is 0.650. The van der Waals surface area contributed by atoms with Crippen LogP contribution in [0, 0.1) is 17.8 Å². The van der Waals surface area contributed by atoms with E-state index in [-0.39, 0.29) is 49.3 Å². The van der Waals surface area contributed by atoms with Gasteiger partial charge in [-0.2, -0.15) is 0 Å². The van der Waals surface area contributed by atoms with Crippen molar-refractivity contribution in [2.45, 2.75) is 120 Å². The van der Waals surface area contributed by atoms with Gasteiger partial charge in [0.05, 0.1) is 43.2 Å². The second-order valence-corrected chi connectivity index (χ2v) is 14.7. The highest BCUT2D eigenvalue weighted by Gasteiger charge is 2.76. The Morgan fingerprint density at radius 2 is 1.86 bits per heavy atom. The number of allylic oxidation sites excluding steroid dienone is 1. The highest BCUT2D eigenvalue weighted by atomic mass is 16.6. The molecule has 11 nitrogen and oxygen atoms in total. The molecule has 9 atom stereocenters. The number of rotatable bonds is 18. The van der Waals surface area contributed by atoms with Crippen LogP contribution in [0.15, 0.2) is 55.6 Å². The number of hydrogen-bond donors (Lipinski definition) is 2. The molecule has 3 heterocycles. The number of carbonyl (C=O) groups is 4. The number of methoxy groups -OCH3 is 1. The van der Waals surface area contributed by atoms with Crippen molar-refractivity contribution in [2.24, 2.45) is 17.8 Å². The molecule has 280 valence electrons. The van der Waals surface area contributed by atoms with Crippen LogP contribution >= 0.6 is 0 Å². The number of nitrogens with zero attached hydrogens (tertiary/aromatic N) is 2. The number of aliphatic hydroxyl groups is 1. The Kier molecular flexibility index (Phi) is 13.1. The molecule has 3 amide bonds. The minimum absolute atomic E-state index is 0.0123. The van der Waals surface area contributed by atoms with Crippen molar-refractivity contribution in [1.29, 1.82) is 0 Å². The molecule has 1 aromatic rings. The van der Waals surface area contributed by atoms with Crippen molar-refractivity contribution in [3.63, 3.8) is 0 Å². The number of aliphatic hydroxyl groups excluding tert-OH is 1. The molecule has 0 unspecified atom stereocenters. The topological polar surface area (TPSA) is 135 Å². The monoisotopic (exact) mass is 707 g/mol. The first-order valence-corrected chi connectivity index (χ1v) is 18.8. The van der Waals surface area contributed by atoms with E-state index in [1.807, 2.05) is 49.1 Å². The fourth-order valence-corrected chi connectivity index (χ4v) is 9.04. The van der Waals surface area contributed by atoms with Gasteiger partial charge in [-0.05, 0) is 43.6 Å². The zero-order chi connectivity index (χ0) is 36.7. The van der Waals surface area contributed by atoms with Crippen LogP contribution in [-0.2, 0) is 33.4 Å². The van der Waals surface area contributed by atoms with E-state index in [0.29, 0.717) is 37.8 Å². The second-order valence-electron chi connectivity index (χ2n) is 14.7. The van der Waals surface area contributed by atoms with E-state index in [2.05, 4.69) is 18.5 Å². The van der Waals surface area contributed by atoms with E-state index >= 15 is 0 Å². The molecule has 1 spiro atoms. The van der Waals surface area contributed by atoms with E-state index in [1.54, 1.807) is 17.1 Å². The van der Waals surface area contributed by atoms with Crippen molar-refractivity contribution in [3.05, 3.63) is 61.2 Å². The van der Waals surface area contributed by atoms with Gasteiger partial charge in [-0.1, -0.05) is 82.0 Å². The quantitative estimate of drug-likeness (QED) is 0.168. The van der Waals surface area contributed by atoms with Gasteiger partial charge >= 0.3 is 5.97 Å². The number of likely N-dealkylation sites (tertiary alicyclic amines) is 1. The summed E-state index contributed by atoms with van der Waals surface area (Å²) in [7, 11) is 1.51. The molecule has 51 heavy (non-hydrogen) atoms. The number of fused-ring (bicyclic) bond motifs is 1. The Hall–Kier alpha value is -3.54. The first-order chi connectivity index (χ1) is 24.7. The molecule has 3 aliphatic heterocycles. The SMILES string of the molecule is C=CCCC(=O)N[C@@H](COC)[C@@H](OC(=O)[C@@H]1[C@@H]2CC[C@]3(O2)[C@H](C(=O)N(CC=C)C2CCCCC2)N([C@@H](CO)[C@@H](C)CC)C(=O)[C@@H]13)c1ccccc1. The standard InChI is InChI=1S/C40H57N3O8/c1-6-9-20-32(45)41-29(25-49-5)35(27-16-12-10-13-17-27)50-39(48)33-31-21-22-40(51-31)34(33)37(46)43(30(24-44)26(4)8-3)36(40)38(47)42(23-7-2)28-18-14-11-15-19-28/h6-7,10,12-13,16-17,26,28-31,33-36,44H,1-2,8-9,11,14-15,18-25H2,3-5H3,(H,41,45)/t26-,29-,30-,31-,33+,34+,35-,36-,40+/m0/s1. The number of esters is 1. The number of benzene rings is 1. The zero-order valence-corrected chi connectivity index (χ0v) is 30.5. The van der Waals surface area contributed by atoms with Crippen LogP contribution < -0.4 is 5.32 Å². The van der Waals surface area contributed by atoms with Crippen LogP contribution in [0.5, 0.6) is 0 Å². The highest BCUT2D eigenvalue weighted by Crippen LogP contribution is 2.60. The summed E-state index contributed by atoms with van der Waals surface area (Å²) in [6.45, 7) is 11.7. The smallest absolute Gasteiger partial charge is 0.313 e. The van der Waals surface area contributed by atoms with Gasteiger partial charge in [0, 0.05) is 26.1 Å². The zero-order valence-electron chi connectivity index (χ0n) is 30.5. The number of ether oxygens (including phenoxy) is 3. The summed E-state index contributed by atoms with van der Waals surface area (Å²) in [4.78, 5) is 60.7. The third-order valence-electron chi connectivity index (χ3n) is 11.7. The predicted octanol–water partition coefficient (Wildman–Crippen LogP) is 4.50. The molecular formula is C40H57N3O8. The average Bonchev–Trinajstić information content (AvgIpc) is 3.80. The lowest BCUT2D eigenvalue weighted by atomic mass is 9.70. The Morgan fingerprint density at radius 3 is 2.49 bits per heavy atom. The molecule has 2 bridgehead atoms. The summed E-state index contributed by atoms with van der Waals surface area (Å²) in [6, 6.07) is 6.81. The average molecular weight is 708 g/mol. The summed E-state index contributed by atoms with van der Waals surface area (Å²) in [5, 5.41) is 13.7. The maximum Gasteiger partial charge on any atom is 0.313 e. The van der Waals surface area contributed by atoms with Gasteiger partial charge in [0.2, 0.25) is 17.7 Å². The van der Waals surface area contributed by atoms with E-state index in [4.69, 9.17) is 14.2 Å². The lowest BCUT2D eigenvalue weighted by Crippen LogP contribution is -2.61. The van der Waals surface area contributed by atoms with Crippen LogP contribution in [0.3, 0.4) is 0 Å². The van der Waals surface area contributed by atoms with Crippen molar-refractivity contribution in [1.82, 2.24) is 15.1 Å². The molecule has 3 saturated heterocycles. The summed E-state index contributed by atoms with van der Waals surface area (Å²) in [5.74, 6) is -3.48. The molecule has 4 aliphatic rings. The second kappa shape index (κ2) is 17.3. The number of hydrogen-bond acceptors (Lipinski definition) is 8. The number of carbonyl (C=O) groups excluding carboxylic acids is 4. The van der Waals surface area contributed by atoms with Crippen molar-refractivity contribution >= 4 is 23.7 Å². The fourth-order valence-electron chi connectivity index (χ4n) is 9.04. The van der Waals surface area contributed by atoms with Gasteiger partial charge < -0.3 is 34.4 Å². The van der Waals surface area contributed by atoms with Crippen molar-refractivity contribution < 1.29 is 38.5 Å². The van der Waals surface area contributed by atoms with Crippen LogP contribution in [0.4, 0.5) is 0 Å². The van der Waals surface area contributed by atoms with Crippen molar-refractivity contribution in [3.8, 4) is 0 Å². The number of amides is 3. The number of nitrogens with one attached hydrogen (secondary N) is 1. The first kappa shape index (κ1) is 38.7. The van der Waals surface area contributed by atoms with Gasteiger partial charge in [-0.3, -0.25) is 19.2 Å². The van der Waals surface area contributed by atoms with Crippen LogP contribution in [0.2, 0.25) is 0 Å². The Bertz CT molecular complexity index is 1400. The van der Waals surface area contributed by atoms with Gasteiger partial charge in [-0.25, -0.2) is 0 Å². The third-order valence-corrected chi connectivity index (χ3v) is 11.7. The Morgan fingerprint density at radius 1 is 1.14 bits per heavy atom. The van der Waals surface area contributed by atoms with Crippen LogP contribution in [0.25, 0.3) is 0 Å². The largest absolute Gasteiger partial charge is 0.455 e. The normalized spacial score (nSPS) is 28.0. The molecule has 1 saturated carbocycles. The summed E-state index contributed by atoms with van der Waals surface area (Å²) < 4.78 is 18.6. The van der Waals surface area contributed by atoms with E-state index < -0.39 is 53.7 Å². The van der Waals surface area contributed by atoms with Gasteiger partial charge in [-0.15, -0.1) is 13.2 Å². The van der Waals surface area contributed by atoms with E-state index in [0.717, 1.165) is 32.1 Å². The predicted molar refractivity (Wildman–Crippen MR) is 192 cm³/mol. The minimum atomic E-state index is -1.25. The van der Waals surface area contributed by atoms with E-state index in [9.17, 15) is 24.3 Å². The Balaban J connectivity index is 1.52. The molecule has 1 aromatic carbocycles. The molecule has 1 aliphatic carbocycles. The molecule has 11 heteroatoms. The molecule has 5 rings (SSSR count). The Labute approximate surface area is 302 Å². The minimum Gasteiger partial charge on any atom is -0.455 e. The maximum absolute atomic E-state index is 15.0.